The molecule has 0 aliphatic heterocycles. The quantitative estimate of drug-likeness (QED) is 0.712. The minimum absolute atomic E-state index is 0.250. The Morgan fingerprint density at radius 3 is 2.52 bits per heavy atom. The summed E-state index contributed by atoms with van der Waals surface area (Å²) in [4.78, 5) is 16.4. The first-order chi connectivity index (χ1) is 11.1. The van der Waals surface area contributed by atoms with Gasteiger partial charge >= 0.3 is 0 Å². The lowest BCUT2D eigenvalue weighted by molar-refractivity contribution is 0.102. The molecule has 0 saturated heterocycles. The van der Waals surface area contributed by atoms with Gasteiger partial charge in [0.2, 0.25) is 0 Å². The SMILES string of the molecule is O=C(Nc1cccc(Br)c1)c1cncc(-c2ccc(F)cc2)c1. The van der Waals surface area contributed by atoms with Gasteiger partial charge in [-0.05, 0) is 42.0 Å². The van der Waals surface area contributed by atoms with Crippen molar-refractivity contribution in [3.05, 3.63) is 82.8 Å². The zero-order valence-corrected chi connectivity index (χ0v) is 13.5. The van der Waals surface area contributed by atoms with Crippen LogP contribution in [0.4, 0.5) is 10.1 Å². The molecule has 0 radical (unpaired) electrons. The van der Waals surface area contributed by atoms with Crippen LogP contribution in [0.1, 0.15) is 10.4 Å². The van der Waals surface area contributed by atoms with Crippen molar-refractivity contribution >= 4 is 27.5 Å². The third-order valence-electron chi connectivity index (χ3n) is 3.26. The van der Waals surface area contributed by atoms with Crippen LogP contribution in [-0.2, 0) is 0 Å². The van der Waals surface area contributed by atoms with Crippen molar-refractivity contribution < 1.29 is 9.18 Å². The number of carbonyl (C=O) groups is 1. The lowest BCUT2D eigenvalue weighted by atomic mass is 10.1. The molecule has 114 valence electrons. The summed E-state index contributed by atoms with van der Waals surface area (Å²) in [6.45, 7) is 0. The van der Waals surface area contributed by atoms with Crippen molar-refractivity contribution in [3.8, 4) is 11.1 Å². The zero-order chi connectivity index (χ0) is 16.2. The van der Waals surface area contributed by atoms with Crippen LogP contribution in [0, 0.1) is 5.82 Å². The summed E-state index contributed by atoms with van der Waals surface area (Å²) >= 11 is 3.36. The molecule has 0 aliphatic rings. The number of rotatable bonds is 3. The fourth-order valence-electron chi connectivity index (χ4n) is 2.13. The van der Waals surface area contributed by atoms with Gasteiger partial charge in [-0.1, -0.05) is 34.1 Å². The Morgan fingerprint density at radius 2 is 1.78 bits per heavy atom. The molecule has 3 nitrogen and oxygen atoms in total. The van der Waals surface area contributed by atoms with Crippen LogP contribution in [0.5, 0.6) is 0 Å². The van der Waals surface area contributed by atoms with Gasteiger partial charge in [0.05, 0.1) is 5.56 Å². The second-order valence-corrected chi connectivity index (χ2v) is 5.85. The number of anilines is 1. The summed E-state index contributed by atoms with van der Waals surface area (Å²) < 4.78 is 13.9. The van der Waals surface area contributed by atoms with Gasteiger partial charge in [-0.2, -0.15) is 0 Å². The number of benzene rings is 2. The number of hydrogen-bond donors (Lipinski definition) is 1. The average Bonchev–Trinajstić information content (AvgIpc) is 2.56. The van der Waals surface area contributed by atoms with Gasteiger partial charge < -0.3 is 5.32 Å². The van der Waals surface area contributed by atoms with Gasteiger partial charge in [0.1, 0.15) is 5.82 Å². The van der Waals surface area contributed by atoms with Crippen LogP contribution in [0.3, 0.4) is 0 Å². The Bertz CT molecular complexity index is 850. The number of amides is 1. The topological polar surface area (TPSA) is 42.0 Å². The van der Waals surface area contributed by atoms with Crippen molar-refractivity contribution in [2.45, 2.75) is 0 Å². The molecule has 1 amide bonds. The second-order valence-electron chi connectivity index (χ2n) is 4.93. The molecule has 3 aromatic rings. The van der Waals surface area contributed by atoms with Gasteiger partial charge in [0.25, 0.3) is 5.91 Å². The molecule has 1 N–H and O–H groups in total. The highest BCUT2D eigenvalue weighted by Gasteiger charge is 2.09. The van der Waals surface area contributed by atoms with Crippen LogP contribution < -0.4 is 5.32 Å². The summed E-state index contributed by atoms with van der Waals surface area (Å²) in [7, 11) is 0. The Balaban J connectivity index is 1.84. The van der Waals surface area contributed by atoms with E-state index in [0.717, 1.165) is 15.6 Å². The van der Waals surface area contributed by atoms with Crippen molar-refractivity contribution in [1.29, 1.82) is 0 Å². The molecule has 2 aromatic carbocycles. The monoisotopic (exact) mass is 370 g/mol. The number of nitrogens with zero attached hydrogens (tertiary/aromatic N) is 1. The van der Waals surface area contributed by atoms with Gasteiger partial charge in [0, 0.05) is 28.1 Å². The highest BCUT2D eigenvalue weighted by Crippen LogP contribution is 2.21. The molecule has 0 bridgehead atoms. The van der Waals surface area contributed by atoms with E-state index in [-0.39, 0.29) is 11.7 Å². The van der Waals surface area contributed by atoms with E-state index >= 15 is 0 Å². The van der Waals surface area contributed by atoms with E-state index in [1.54, 1.807) is 30.5 Å². The Hall–Kier alpha value is -2.53. The summed E-state index contributed by atoms with van der Waals surface area (Å²) in [5.74, 6) is -0.551. The fraction of sp³-hybridized carbons (Fsp3) is 0. The van der Waals surface area contributed by atoms with Crippen LogP contribution in [0.25, 0.3) is 11.1 Å². The molecule has 0 atom stereocenters. The van der Waals surface area contributed by atoms with Gasteiger partial charge in [0.15, 0.2) is 0 Å². The van der Waals surface area contributed by atoms with Crippen molar-refractivity contribution in [2.24, 2.45) is 0 Å². The van der Waals surface area contributed by atoms with Gasteiger partial charge in [-0.3, -0.25) is 9.78 Å². The van der Waals surface area contributed by atoms with E-state index < -0.39 is 0 Å². The summed E-state index contributed by atoms with van der Waals surface area (Å²) in [5.41, 5.74) is 2.69. The molecular formula is C18H12BrFN2O. The van der Waals surface area contributed by atoms with E-state index in [0.29, 0.717) is 11.3 Å². The van der Waals surface area contributed by atoms with Crippen LogP contribution in [-0.4, -0.2) is 10.9 Å². The highest BCUT2D eigenvalue weighted by molar-refractivity contribution is 9.10. The second kappa shape index (κ2) is 6.71. The van der Waals surface area contributed by atoms with E-state index in [1.807, 2.05) is 18.2 Å². The number of hydrogen-bond acceptors (Lipinski definition) is 2. The van der Waals surface area contributed by atoms with Crippen LogP contribution >= 0.6 is 15.9 Å². The highest BCUT2D eigenvalue weighted by atomic mass is 79.9. The summed E-state index contributed by atoms with van der Waals surface area (Å²) in [5, 5.41) is 2.82. The Labute approximate surface area is 141 Å². The minimum Gasteiger partial charge on any atom is -0.322 e. The predicted octanol–water partition coefficient (Wildman–Crippen LogP) is 4.90. The number of pyridine rings is 1. The first kappa shape index (κ1) is 15.4. The van der Waals surface area contributed by atoms with E-state index in [2.05, 4.69) is 26.2 Å². The predicted molar refractivity (Wildman–Crippen MR) is 91.7 cm³/mol. The van der Waals surface area contributed by atoms with Crippen LogP contribution in [0.15, 0.2) is 71.5 Å². The molecule has 3 rings (SSSR count). The molecule has 0 unspecified atom stereocenters. The zero-order valence-electron chi connectivity index (χ0n) is 12.0. The lowest BCUT2D eigenvalue weighted by Crippen LogP contribution is -2.12. The third-order valence-corrected chi connectivity index (χ3v) is 3.75. The molecule has 23 heavy (non-hydrogen) atoms. The standard InChI is InChI=1S/C18H12BrFN2O/c19-15-2-1-3-17(9-15)22-18(23)14-8-13(10-21-11-14)12-4-6-16(20)7-5-12/h1-11H,(H,22,23). The molecule has 0 aliphatic carbocycles. The number of carbonyl (C=O) groups excluding carboxylic acids is 1. The smallest absolute Gasteiger partial charge is 0.257 e. The maximum atomic E-state index is 13.0. The Morgan fingerprint density at radius 1 is 1.00 bits per heavy atom. The maximum Gasteiger partial charge on any atom is 0.257 e. The molecule has 5 heteroatoms. The third kappa shape index (κ3) is 3.81. The number of aromatic nitrogens is 1. The first-order valence-electron chi connectivity index (χ1n) is 6.90. The molecular weight excluding hydrogens is 359 g/mol. The van der Waals surface area contributed by atoms with E-state index in [9.17, 15) is 9.18 Å². The normalized spacial score (nSPS) is 10.3. The molecule has 0 spiro atoms. The molecule has 0 fully saturated rings. The largest absolute Gasteiger partial charge is 0.322 e. The number of halogens is 2. The molecule has 1 aromatic heterocycles. The average molecular weight is 371 g/mol. The van der Waals surface area contributed by atoms with Gasteiger partial charge in [-0.25, -0.2) is 4.39 Å². The minimum atomic E-state index is -0.301. The summed E-state index contributed by atoms with van der Waals surface area (Å²) in [6.07, 6.45) is 3.14. The van der Waals surface area contributed by atoms with Crippen molar-refractivity contribution in [2.75, 3.05) is 5.32 Å². The Kier molecular flexibility index (Phi) is 4.48. The van der Waals surface area contributed by atoms with E-state index in [4.69, 9.17) is 0 Å². The molecule has 1 heterocycles. The lowest BCUT2D eigenvalue weighted by Gasteiger charge is -2.07. The molecule has 0 saturated carbocycles. The van der Waals surface area contributed by atoms with Crippen LogP contribution in [0.2, 0.25) is 0 Å². The summed E-state index contributed by atoms with van der Waals surface area (Å²) in [6, 6.07) is 15.1. The van der Waals surface area contributed by atoms with E-state index in [1.165, 1.54) is 18.3 Å². The fourth-order valence-corrected chi connectivity index (χ4v) is 2.53. The maximum absolute atomic E-state index is 13.0. The van der Waals surface area contributed by atoms with Gasteiger partial charge in [-0.15, -0.1) is 0 Å². The first-order valence-corrected chi connectivity index (χ1v) is 7.69. The van der Waals surface area contributed by atoms with Crippen molar-refractivity contribution in [1.82, 2.24) is 4.98 Å². The van der Waals surface area contributed by atoms with Crippen molar-refractivity contribution in [3.63, 3.8) is 0 Å². The number of nitrogens with one attached hydrogen (secondary N) is 1.